The van der Waals surface area contributed by atoms with Crippen molar-refractivity contribution >= 4 is 17.5 Å². The molecule has 6 nitrogen and oxygen atoms in total. The van der Waals surface area contributed by atoms with Crippen LogP contribution in [0.3, 0.4) is 0 Å². The molecule has 0 aliphatic carbocycles. The molecule has 2 aromatic rings. The molecule has 0 radical (unpaired) electrons. The first-order valence-electron chi connectivity index (χ1n) is 7.47. The maximum Gasteiger partial charge on any atom is 0.270 e. The lowest BCUT2D eigenvalue weighted by Crippen LogP contribution is -2.26. The number of carbonyl (C=O) groups excluding carboxylic acids is 1. The summed E-state index contributed by atoms with van der Waals surface area (Å²) in [6.45, 7) is 4.82. The van der Waals surface area contributed by atoms with Crippen LogP contribution in [-0.4, -0.2) is 22.4 Å². The average molecular weight is 309 g/mol. The molecular weight excluding hydrogens is 290 g/mol. The number of hydrogen-bond donors (Lipinski definition) is 2. The van der Waals surface area contributed by atoms with Gasteiger partial charge in [-0.25, -0.2) is 9.97 Å². The fourth-order valence-corrected chi connectivity index (χ4v) is 1.92. The second-order valence-corrected chi connectivity index (χ2v) is 5.49. The summed E-state index contributed by atoms with van der Waals surface area (Å²) in [6.07, 6.45) is 2.43. The molecule has 6 heteroatoms. The molecule has 2 rings (SSSR count). The highest BCUT2D eigenvalue weighted by Crippen LogP contribution is 2.17. The number of para-hydroxylation sites is 1. The summed E-state index contributed by atoms with van der Waals surface area (Å²) in [7, 11) is 0. The van der Waals surface area contributed by atoms with E-state index in [2.05, 4.69) is 40.5 Å². The minimum atomic E-state index is -0.232. The lowest BCUT2D eigenvalue weighted by Gasteiger charge is -2.09. The van der Waals surface area contributed by atoms with Crippen molar-refractivity contribution in [3.8, 4) is 6.07 Å². The van der Waals surface area contributed by atoms with Crippen molar-refractivity contribution < 1.29 is 4.79 Å². The molecule has 0 atom stereocenters. The summed E-state index contributed by atoms with van der Waals surface area (Å²) in [5.74, 6) is 0.578. The second-order valence-electron chi connectivity index (χ2n) is 5.49. The summed E-state index contributed by atoms with van der Waals surface area (Å²) in [4.78, 5) is 20.4. The van der Waals surface area contributed by atoms with Crippen molar-refractivity contribution in [3.63, 3.8) is 0 Å². The molecule has 118 valence electrons. The van der Waals surface area contributed by atoms with Gasteiger partial charge in [0.05, 0.1) is 11.3 Å². The third kappa shape index (κ3) is 4.78. The standard InChI is InChI=1S/C17H19N5O/c1-12(2)7-9-19-16(23)15-8-10-20-17(22-15)21-14-6-4-3-5-13(14)11-18/h3-6,8,10,12H,7,9H2,1-2H3,(H,19,23)(H,20,21,22). The highest BCUT2D eigenvalue weighted by Gasteiger charge is 2.09. The average Bonchev–Trinajstić information content (AvgIpc) is 2.55. The number of nitrogens with one attached hydrogen (secondary N) is 2. The zero-order valence-electron chi connectivity index (χ0n) is 13.2. The van der Waals surface area contributed by atoms with E-state index in [4.69, 9.17) is 5.26 Å². The van der Waals surface area contributed by atoms with Crippen LogP contribution < -0.4 is 10.6 Å². The Morgan fingerprint density at radius 1 is 1.30 bits per heavy atom. The van der Waals surface area contributed by atoms with Crippen molar-refractivity contribution in [1.82, 2.24) is 15.3 Å². The van der Waals surface area contributed by atoms with Gasteiger partial charge in [0.25, 0.3) is 5.91 Å². The van der Waals surface area contributed by atoms with Gasteiger partial charge < -0.3 is 10.6 Å². The number of anilines is 2. The molecule has 0 spiro atoms. The molecule has 1 heterocycles. The zero-order valence-corrected chi connectivity index (χ0v) is 13.2. The van der Waals surface area contributed by atoms with Gasteiger partial charge in [0, 0.05) is 12.7 Å². The number of nitrogens with zero attached hydrogens (tertiary/aromatic N) is 3. The molecule has 0 aliphatic rings. The van der Waals surface area contributed by atoms with Crippen LogP contribution in [0.25, 0.3) is 0 Å². The van der Waals surface area contributed by atoms with E-state index in [1.165, 1.54) is 6.20 Å². The van der Waals surface area contributed by atoms with E-state index >= 15 is 0 Å². The molecule has 0 aliphatic heterocycles. The normalized spacial score (nSPS) is 10.2. The quantitative estimate of drug-likeness (QED) is 0.856. The molecule has 0 unspecified atom stereocenters. The van der Waals surface area contributed by atoms with Crippen molar-refractivity contribution in [2.24, 2.45) is 5.92 Å². The SMILES string of the molecule is CC(C)CCNC(=O)c1ccnc(Nc2ccccc2C#N)n1. The minimum Gasteiger partial charge on any atom is -0.351 e. The predicted molar refractivity (Wildman–Crippen MR) is 88.3 cm³/mol. The fourth-order valence-electron chi connectivity index (χ4n) is 1.92. The van der Waals surface area contributed by atoms with E-state index in [9.17, 15) is 4.79 Å². The number of hydrogen-bond acceptors (Lipinski definition) is 5. The monoisotopic (exact) mass is 309 g/mol. The summed E-state index contributed by atoms with van der Waals surface area (Å²) in [6, 6.07) is 10.7. The molecule has 0 fully saturated rings. The van der Waals surface area contributed by atoms with Crippen LogP contribution >= 0.6 is 0 Å². The Morgan fingerprint density at radius 3 is 2.83 bits per heavy atom. The maximum absolute atomic E-state index is 12.1. The number of nitriles is 1. The van der Waals surface area contributed by atoms with Gasteiger partial charge in [0.15, 0.2) is 0 Å². The lowest BCUT2D eigenvalue weighted by atomic mass is 10.1. The maximum atomic E-state index is 12.1. The van der Waals surface area contributed by atoms with E-state index in [0.717, 1.165) is 6.42 Å². The number of aromatic nitrogens is 2. The van der Waals surface area contributed by atoms with E-state index < -0.39 is 0 Å². The van der Waals surface area contributed by atoms with Gasteiger partial charge in [0.2, 0.25) is 5.95 Å². The Bertz CT molecular complexity index is 721. The van der Waals surface area contributed by atoms with Gasteiger partial charge in [-0.1, -0.05) is 26.0 Å². The summed E-state index contributed by atoms with van der Waals surface area (Å²) >= 11 is 0. The number of amides is 1. The van der Waals surface area contributed by atoms with Crippen LogP contribution in [-0.2, 0) is 0 Å². The van der Waals surface area contributed by atoms with Gasteiger partial charge in [-0.2, -0.15) is 5.26 Å². The van der Waals surface area contributed by atoms with Crippen LogP contribution in [0.2, 0.25) is 0 Å². The van der Waals surface area contributed by atoms with Gasteiger partial charge >= 0.3 is 0 Å². The Hall–Kier alpha value is -2.94. The fraction of sp³-hybridized carbons (Fsp3) is 0.294. The summed E-state index contributed by atoms with van der Waals surface area (Å²) in [5, 5.41) is 14.9. The van der Waals surface area contributed by atoms with Crippen molar-refractivity contribution in [1.29, 1.82) is 5.26 Å². The summed E-state index contributed by atoms with van der Waals surface area (Å²) in [5.41, 5.74) is 1.39. The first kappa shape index (κ1) is 16.4. The number of carbonyl (C=O) groups is 1. The predicted octanol–water partition coefficient (Wildman–Crippen LogP) is 2.87. The molecule has 1 aromatic heterocycles. The highest BCUT2D eigenvalue weighted by atomic mass is 16.1. The molecule has 0 saturated heterocycles. The molecule has 1 amide bonds. The number of rotatable bonds is 6. The summed E-state index contributed by atoms with van der Waals surface area (Å²) < 4.78 is 0. The Labute approximate surface area is 135 Å². The molecular formula is C17H19N5O. The largest absolute Gasteiger partial charge is 0.351 e. The lowest BCUT2D eigenvalue weighted by molar-refractivity contribution is 0.0947. The smallest absolute Gasteiger partial charge is 0.270 e. The second kappa shape index (κ2) is 7.90. The molecule has 0 saturated carbocycles. The van der Waals surface area contributed by atoms with Gasteiger partial charge in [-0.05, 0) is 30.5 Å². The Kier molecular flexibility index (Phi) is 5.64. The molecule has 2 N–H and O–H groups in total. The molecule has 23 heavy (non-hydrogen) atoms. The van der Waals surface area contributed by atoms with Gasteiger partial charge in [-0.15, -0.1) is 0 Å². The van der Waals surface area contributed by atoms with E-state index in [0.29, 0.717) is 29.4 Å². The van der Waals surface area contributed by atoms with Crippen LogP contribution in [0, 0.1) is 17.2 Å². The van der Waals surface area contributed by atoms with E-state index in [1.54, 1.807) is 24.3 Å². The first-order valence-corrected chi connectivity index (χ1v) is 7.47. The van der Waals surface area contributed by atoms with E-state index in [-0.39, 0.29) is 11.9 Å². The van der Waals surface area contributed by atoms with Crippen LogP contribution in [0.5, 0.6) is 0 Å². The Balaban J connectivity index is 2.08. The van der Waals surface area contributed by atoms with Crippen molar-refractivity contribution in [2.75, 3.05) is 11.9 Å². The van der Waals surface area contributed by atoms with Crippen LogP contribution in [0.1, 0.15) is 36.3 Å². The Morgan fingerprint density at radius 2 is 2.09 bits per heavy atom. The van der Waals surface area contributed by atoms with Crippen molar-refractivity contribution in [3.05, 3.63) is 47.8 Å². The third-order valence-corrected chi connectivity index (χ3v) is 3.19. The zero-order chi connectivity index (χ0) is 16.7. The first-order chi connectivity index (χ1) is 11.1. The third-order valence-electron chi connectivity index (χ3n) is 3.19. The number of benzene rings is 1. The van der Waals surface area contributed by atoms with Crippen LogP contribution in [0.4, 0.5) is 11.6 Å². The topological polar surface area (TPSA) is 90.7 Å². The minimum absolute atomic E-state index is 0.232. The van der Waals surface area contributed by atoms with E-state index in [1.807, 2.05) is 6.07 Å². The van der Waals surface area contributed by atoms with Crippen molar-refractivity contribution in [2.45, 2.75) is 20.3 Å². The van der Waals surface area contributed by atoms with Gasteiger partial charge in [-0.3, -0.25) is 4.79 Å². The highest BCUT2D eigenvalue weighted by molar-refractivity contribution is 5.92. The molecule has 1 aromatic carbocycles. The molecule has 0 bridgehead atoms. The van der Waals surface area contributed by atoms with Crippen LogP contribution in [0.15, 0.2) is 36.5 Å². The van der Waals surface area contributed by atoms with Gasteiger partial charge in [0.1, 0.15) is 11.8 Å².